The van der Waals surface area contributed by atoms with Gasteiger partial charge in [0.1, 0.15) is 6.04 Å². The summed E-state index contributed by atoms with van der Waals surface area (Å²) in [6, 6.07) is 8.58. The van der Waals surface area contributed by atoms with Gasteiger partial charge in [-0.2, -0.15) is 0 Å². The maximum atomic E-state index is 11.2. The van der Waals surface area contributed by atoms with Crippen LogP contribution in [0.25, 0.3) is 0 Å². The zero-order chi connectivity index (χ0) is 12.3. The van der Waals surface area contributed by atoms with E-state index in [-0.39, 0.29) is 5.41 Å². The molecule has 1 aromatic carbocycles. The second-order valence-electron chi connectivity index (χ2n) is 4.87. The topological polar surface area (TPSA) is 58.6 Å². The highest BCUT2D eigenvalue weighted by molar-refractivity contribution is 5.75. The van der Waals surface area contributed by atoms with Crippen molar-refractivity contribution in [3.05, 3.63) is 35.9 Å². The van der Waals surface area contributed by atoms with Crippen molar-refractivity contribution < 1.29 is 14.6 Å². The SMILES string of the molecule is CC1(CNC(C(=O)O)c2ccccc2)COC1. The predicted molar refractivity (Wildman–Crippen MR) is 63.7 cm³/mol. The number of carboxylic acids is 1. The molecule has 0 saturated carbocycles. The number of carboxylic acid groups (broad SMARTS) is 1. The lowest BCUT2D eigenvalue weighted by Gasteiger charge is -2.38. The zero-order valence-corrected chi connectivity index (χ0v) is 9.85. The first kappa shape index (κ1) is 12.1. The smallest absolute Gasteiger partial charge is 0.325 e. The third-order valence-electron chi connectivity index (χ3n) is 3.01. The number of ether oxygens (including phenoxy) is 1. The highest BCUT2D eigenvalue weighted by Crippen LogP contribution is 2.26. The molecule has 2 N–H and O–H groups in total. The average molecular weight is 235 g/mol. The summed E-state index contributed by atoms with van der Waals surface area (Å²) in [7, 11) is 0. The fraction of sp³-hybridized carbons (Fsp3) is 0.462. The van der Waals surface area contributed by atoms with Crippen LogP contribution in [-0.2, 0) is 9.53 Å². The largest absolute Gasteiger partial charge is 0.480 e. The first-order valence-electron chi connectivity index (χ1n) is 5.70. The lowest BCUT2D eigenvalue weighted by Crippen LogP contribution is -2.48. The Morgan fingerprint density at radius 3 is 2.59 bits per heavy atom. The number of hydrogen-bond donors (Lipinski definition) is 2. The molecule has 4 nitrogen and oxygen atoms in total. The van der Waals surface area contributed by atoms with E-state index in [1.165, 1.54) is 0 Å². The third-order valence-corrected chi connectivity index (χ3v) is 3.01. The van der Waals surface area contributed by atoms with Crippen molar-refractivity contribution in [3.8, 4) is 0 Å². The van der Waals surface area contributed by atoms with Crippen LogP contribution >= 0.6 is 0 Å². The molecule has 1 atom stereocenters. The van der Waals surface area contributed by atoms with E-state index in [2.05, 4.69) is 12.2 Å². The van der Waals surface area contributed by atoms with E-state index < -0.39 is 12.0 Å². The molecule has 4 heteroatoms. The summed E-state index contributed by atoms with van der Waals surface area (Å²) < 4.78 is 5.15. The van der Waals surface area contributed by atoms with Gasteiger partial charge in [-0.1, -0.05) is 37.3 Å². The fourth-order valence-electron chi connectivity index (χ4n) is 1.89. The van der Waals surface area contributed by atoms with E-state index in [0.29, 0.717) is 19.8 Å². The summed E-state index contributed by atoms with van der Waals surface area (Å²) in [6.45, 7) is 4.13. The molecule has 1 fully saturated rings. The van der Waals surface area contributed by atoms with Crippen LogP contribution in [-0.4, -0.2) is 30.8 Å². The standard InChI is InChI=1S/C13H17NO3/c1-13(8-17-9-13)7-14-11(12(15)16)10-5-3-2-4-6-10/h2-6,11,14H,7-9H2,1H3,(H,15,16). The first-order valence-corrected chi connectivity index (χ1v) is 5.70. The van der Waals surface area contributed by atoms with Gasteiger partial charge >= 0.3 is 5.97 Å². The van der Waals surface area contributed by atoms with Crippen LogP contribution in [0.4, 0.5) is 0 Å². The van der Waals surface area contributed by atoms with E-state index in [9.17, 15) is 9.90 Å². The maximum Gasteiger partial charge on any atom is 0.325 e. The molecule has 0 radical (unpaired) electrons. The molecule has 92 valence electrons. The third kappa shape index (κ3) is 2.84. The molecule has 2 rings (SSSR count). The van der Waals surface area contributed by atoms with Gasteiger partial charge in [-0.15, -0.1) is 0 Å². The molecule has 0 spiro atoms. The summed E-state index contributed by atoms with van der Waals surface area (Å²) in [5.41, 5.74) is 0.853. The molecule has 1 heterocycles. The first-order chi connectivity index (χ1) is 8.11. The second kappa shape index (κ2) is 4.85. The van der Waals surface area contributed by atoms with Crippen molar-refractivity contribution in [3.63, 3.8) is 0 Å². The van der Waals surface area contributed by atoms with Gasteiger partial charge in [-0.25, -0.2) is 0 Å². The maximum absolute atomic E-state index is 11.2. The van der Waals surface area contributed by atoms with Crippen molar-refractivity contribution in [1.82, 2.24) is 5.32 Å². The molecule has 17 heavy (non-hydrogen) atoms. The number of hydrogen-bond acceptors (Lipinski definition) is 3. The predicted octanol–water partition coefficient (Wildman–Crippen LogP) is 1.44. The molecule has 0 bridgehead atoms. The van der Waals surface area contributed by atoms with Crippen LogP contribution in [0.1, 0.15) is 18.5 Å². The fourth-order valence-corrected chi connectivity index (χ4v) is 1.89. The molecule has 1 aromatic rings. The Balaban J connectivity index is 2.01. The molecular weight excluding hydrogens is 218 g/mol. The number of rotatable bonds is 5. The Kier molecular flexibility index (Phi) is 3.45. The normalized spacial score (nSPS) is 19.4. The molecule has 1 saturated heterocycles. The minimum Gasteiger partial charge on any atom is -0.480 e. The monoisotopic (exact) mass is 235 g/mol. The van der Waals surface area contributed by atoms with Gasteiger partial charge in [0, 0.05) is 12.0 Å². The van der Waals surface area contributed by atoms with Gasteiger partial charge < -0.3 is 9.84 Å². The molecule has 1 unspecified atom stereocenters. The average Bonchev–Trinajstić information content (AvgIpc) is 2.28. The Bertz CT molecular complexity index is 387. The van der Waals surface area contributed by atoms with Crippen LogP contribution < -0.4 is 5.32 Å². The lowest BCUT2D eigenvalue weighted by atomic mass is 9.88. The highest BCUT2D eigenvalue weighted by atomic mass is 16.5. The van der Waals surface area contributed by atoms with Crippen LogP contribution in [0.5, 0.6) is 0 Å². The van der Waals surface area contributed by atoms with E-state index in [1.807, 2.05) is 30.3 Å². The lowest BCUT2D eigenvalue weighted by molar-refractivity contribution is -0.141. The molecule has 0 aliphatic carbocycles. The van der Waals surface area contributed by atoms with Crippen molar-refractivity contribution in [2.75, 3.05) is 19.8 Å². The Hall–Kier alpha value is -1.39. The van der Waals surface area contributed by atoms with Gasteiger partial charge in [-0.3, -0.25) is 10.1 Å². The zero-order valence-electron chi connectivity index (χ0n) is 9.85. The second-order valence-corrected chi connectivity index (χ2v) is 4.87. The number of nitrogens with one attached hydrogen (secondary N) is 1. The van der Waals surface area contributed by atoms with Crippen molar-refractivity contribution in [2.24, 2.45) is 5.41 Å². The van der Waals surface area contributed by atoms with Crippen molar-refractivity contribution >= 4 is 5.97 Å². The van der Waals surface area contributed by atoms with Crippen LogP contribution in [0.15, 0.2) is 30.3 Å². The van der Waals surface area contributed by atoms with E-state index >= 15 is 0 Å². The van der Waals surface area contributed by atoms with Gasteiger partial charge in [-0.05, 0) is 5.56 Å². The summed E-state index contributed by atoms with van der Waals surface area (Å²) >= 11 is 0. The number of benzene rings is 1. The number of aliphatic carboxylic acids is 1. The molecule has 1 aliphatic heterocycles. The summed E-state index contributed by atoms with van der Waals surface area (Å²) in [6.07, 6.45) is 0. The van der Waals surface area contributed by atoms with E-state index in [0.717, 1.165) is 5.56 Å². The molecule has 1 aliphatic rings. The van der Waals surface area contributed by atoms with Crippen LogP contribution in [0.3, 0.4) is 0 Å². The minimum absolute atomic E-state index is 0.0719. The summed E-state index contributed by atoms with van der Waals surface area (Å²) in [5, 5.41) is 12.3. The van der Waals surface area contributed by atoms with E-state index in [4.69, 9.17) is 4.74 Å². The van der Waals surface area contributed by atoms with Gasteiger partial charge in [0.25, 0.3) is 0 Å². The summed E-state index contributed by atoms with van der Waals surface area (Å²) in [5.74, 6) is -0.847. The highest BCUT2D eigenvalue weighted by Gasteiger charge is 2.34. The van der Waals surface area contributed by atoms with Gasteiger partial charge in [0.2, 0.25) is 0 Å². The summed E-state index contributed by atoms with van der Waals surface area (Å²) in [4.78, 5) is 11.2. The van der Waals surface area contributed by atoms with Crippen molar-refractivity contribution in [1.29, 1.82) is 0 Å². The van der Waals surface area contributed by atoms with Crippen LogP contribution in [0.2, 0.25) is 0 Å². The Morgan fingerprint density at radius 2 is 2.12 bits per heavy atom. The minimum atomic E-state index is -0.847. The quantitative estimate of drug-likeness (QED) is 0.810. The van der Waals surface area contributed by atoms with Gasteiger partial charge in [0.05, 0.1) is 13.2 Å². The van der Waals surface area contributed by atoms with Crippen LogP contribution in [0, 0.1) is 5.41 Å². The van der Waals surface area contributed by atoms with Crippen molar-refractivity contribution in [2.45, 2.75) is 13.0 Å². The molecule has 0 amide bonds. The molecule has 0 aromatic heterocycles. The Labute approximate surface area is 101 Å². The van der Waals surface area contributed by atoms with Gasteiger partial charge in [0.15, 0.2) is 0 Å². The van der Waals surface area contributed by atoms with E-state index in [1.54, 1.807) is 0 Å². The molecular formula is C13H17NO3. The Morgan fingerprint density at radius 1 is 1.47 bits per heavy atom. The number of carbonyl (C=O) groups is 1.